The minimum absolute atomic E-state index is 0.0320. The van der Waals surface area contributed by atoms with Crippen LogP contribution in [-0.2, 0) is 4.74 Å². The molecule has 0 bridgehead atoms. The molecule has 6 heteroatoms. The molecule has 2 aromatic rings. The van der Waals surface area contributed by atoms with Crippen molar-refractivity contribution in [2.45, 2.75) is 6.92 Å². The van der Waals surface area contributed by atoms with Crippen LogP contribution in [0.4, 0.5) is 0 Å². The molecule has 0 aliphatic carbocycles. The van der Waals surface area contributed by atoms with Gasteiger partial charge in [-0.2, -0.15) is 0 Å². The normalized spacial score (nSPS) is 10.4. The molecule has 72 valence electrons. The van der Waals surface area contributed by atoms with Gasteiger partial charge in [0.25, 0.3) is 0 Å². The molecule has 0 amide bonds. The van der Waals surface area contributed by atoms with Crippen LogP contribution in [0, 0.1) is 6.92 Å². The third-order valence-corrected chi connectivity index (χ3v) is 1.83. The Bertz CT molecular complexity index is 491. The fourth-order valence-corrected chi connectivity index (χ4v) is 1.16. The molecule has 0 radical (unpaired) electrons. The van der Waals surface area contributed by atoms with Crippen molar-refractivity contribution in [3.8, 4) is 0 Å². The molecular formula is C8H8N4O2. The number of esters is 1. The van der Waals surface area contributed by atoms with E-state index < -0.39 is 5.97 Å². The van der Waals surface area contributed by atoms with Gasteiger partial charge in [-0.25, -0.2) is 19.7 Å². The molecule has 0 unspecified atom stereocenters. The van der Waals surface area contributed by atoms with Gasteiger partial charge in [0.05, 0.1) is 19.1 Å². The van der Waals surface area contributed by atoms with Crippen molar-refractivity contribution in [1.29, 1.82) is 0 Å². The Kier molecular flexibility index (Phi) is 1.88. The number of H-pyrrole nitrogens is 1. The maximum Gasteiger partial charge on any atom is 0.376 e. The lowest BCUT2D eigenvalue weighted by molar-refractivity contribution is 0.0587. The van der Waals surface area contributed by atoms with E-state index in [4.69, 9.17) is 0 Å². The topological polar surface area (TPSA) is 80.8 Å². The van der Waals surface area contributed by atoms with Crippen LogP contribution >= 0.6 is 0 Å². The molecule has 0 spiro atoms. The lowest BCUT2D eigenvalue weighted by Crippen LogP contribution is -2.08. The highest BCUT2D eigenvalue weighted by molar-refractivity contribution is 5.87. The molecule has 0 aliphatic heterocycles. The molecule has 2 heterocycles. The number of aromatic nitrogens is 4. The summed E-state index contributed by atoms with van der Waals surface area (Å²) in [5.74, 6) is -0.525. The number of carbonyl (C=O) groups is 1. The number of carbonyl (C=O) groups excluding carboxylic acids is 1. The predicted octanol–water partition coefficient (Wildman–Crippen LogP) is 0.448. The van der Waals surface area contributed by atoms with E-state index in [9.17, 15) is 4.79 Å². The van der Waals surface area contributed by atoms with E-state index in [0.717, 1.165) is 5.52 Å². The van der Waals surface area contributed by atoms with E-state index in [1.54, 1.807) is 6.92 Å². The average molecular weight is 192 g/mol. The molecule has 0 saturated carbocycles. The first-order chi connectivity index (χ1) is 6.72. The Balaban J connectivity index is 2.64. The van der Waals surface area contributed by atoms with Gasteiger partial charge in [-0.3, -0.25) is 0 Å². The molecular weight excluding hydrogens is 184 g/mol. The quantitative estimate of drug-likeness (QED) is 0.663. The first-order valence-corrected chi connectivity index (χ1v) is 3.98. The predicted molar refractivity (Wildman–Crippen MR) is 47.8 cm³/mol. The van der Waals surface area contributed by atoms with Crippen LogP contribution in [0.2, 0.25) is 0 Å². The minimum atomic E-state index is -0.557. The highest BCUT2D eigenvalue weighted by Gasteiger charge is 2.13. The molecule has 2 aromatic heterocycles. The monoisotopic (exact) mass is 192 g/mol. The van der Waals surface area contributed by atoms with Crippen molar-refractivity contribution in [1.82, 2.24) is 19.9 Å². The van der Waals surface area contributed by atoms with Crippen LogP contribution in [0.25, 0.3) is 11.2 Å². The summed E-state index contributed by atoms with van der Waals surface area (Å²) in [4.78, 5) is 25.9. The zero-order valence-corrected chi connectivity index (χ0v) is 7.74. The first kappa shape index (κ1) is 8.61. The summed E-state index contributed by atoms with van der Waals surface area (Å²) in [6, 6.07) is 0. The van der Waals surface area contributed by atoms with Crippen LogP contribution in [0.5, 0.6) is 0 Å². The summed E-state index contributed by atoms with van der Waals surface area (Å²) in [5.41, 5.74) is 1.88. The fourth-order valence-electron chi connectivity index (χ4n) is 1.16. The zero-order chi connectivity index (χ0) is 10.1. The second kappa shape index (κ2) is 3.06. The van der Waals surface area contributed by atoms with Crippen molar-refractivity contribution < 1.29 is 9.53 Å². The Labute approximate surface area is 79.4 Å². The van der Waals surface area contributed by atoms with Gasteiger partial charge in [0.15, 0.2) is 5.65 Å². The fraction of sp³-hybridized carbons (Fsp3) is 0.250. The van der Waals surface area contributed by atoms with Gasteiger partial charge in [-0.1, -0.05) is 0 Å². The summed E-state index contributed by atoms with van der Waals surface area (Å²) in [5, 5.41) is 0. The number of nitrogens with zero attached hydrogens (tertiary/aromatic N) is 3. The van der Waals surface area contributed by atoms with Crippen molar-refractivity contribution >= 4 is 17.1 Å². The van der Waals surface area contributed by atoms with E-state index in [1.807, 2.05) is 0 Å². The smallest absolute Gasteiger partial charge is 0.376 e. The number of rotatable bonds is 1. The zero-order valence-electron chi connectivity index (χ0n) is 7.74. The lowest BCUT2D eigenvalue weighted by atomic mass is 10.4. The van der Waals surface area contributed by atoms with E-state index in [2.05, 4.69) is 24.7 Å². The Hall–Kier alpha value is -1.98. The van der Waals surface area contributed by atoms with E-state index in [1.165, 1.54) is 13.4 Å². The number of methoxy groups -OCH3 is 1. The van der Waals surface area contributed by atoms with Crippen LogP contribution in [0.1, 0.15) is 16.3 Å². The second-order valence-electron chi connectivity index (χ2n) is 2.73. The molecule has 2 rings (SSSR count). The lowest BCUT2D eigenvalue weighted by Gasteiger charge is -1.99. The third-order valence-electron chi connectivity index (χ3n) is 1.83. The molecule has 6 nitrogen and oxygen atoms in total. The number of hydrogen-bond acceptors (Lipinski definition) is 5. The van der Waals surface area contributed by atoms with Gasteiger partial charge < -0.3 is 9.72 Å². The third kappa shape index (κ3) is 1.20. The highest BCUT2D eigenvalue weighted by atomic mass is 16.5. The Morgan fingerprint density at radius 3 is 3.00 bits per heavy atom. The van der Waals surface area contributed by atoms with Gasteiger partial charge in [0, 0.05) is 0 Å². The first-order valence-electron chi connectivity index (χ1n) is 3.98. The minimum Gasteiger partial charge on any atom is -0.463 e. The van der Waals surface area contributed by atoms with Crippen molar-refractivity contribution in [2.75, 3.05) is 7.11 Å². The second-order valence-corrected chi connectivity index (χ2v) is 2.73. The molecule has 0 aliphatic rings. The van der Waals surface area contributed by atoms with Crippen molar-refractivity contribution in [3.63, 3.8) is 0 Å². The number of ether oxygens (including phenoxy) is 1. The molecule has 0 fully saturated rings. The standard InChI is InChI=1S/C8H8N4O2/c1-4-5-6(10-3-9-5)12-7(11-4)8(13)14-2/h3H,1-2H3,(H,9,10,11,12). The number of imidazole rings is 1. The maximum absolute atomic E-state index is 11.1. The SMILES string of the molecule is COC(=O)c1nc(C)c2[nH]cnc2n1. The highest BCUT2D eigenvalue weighted by Crippen LogP contribution is 2.10. The number of fused-ring (bicyclic) bond motifs is 1. The number of nitrogens with one attached hydrogen (secondary N) is 1. The largest absolute Gasteiger partial charge is 0.463 e. The Morgan fingerprint density at radius 2 is 2.29 bits per heavy atom. The van der Waals surface area contributed by atoms with E-state index >= 15 is 0 Å². The van der Waals surface area contributed by atoms with Gasteiger partial charge in [-0.05, 0) is 6.92 Å². The number of aryl methyl sites for hydroxylation is 1. The van der Waals surface area contributed by atoms with Gasteiger partial charge in [-0.15, -0.1) is 0 Å². The van der Waals surface area contributed by atoms with Crippen LogP contribution in [-0.4, -0.2) is 33.0 Å². The summed E-state index contributed by atoms with van der Waals surface area (Å²) in [7, 11) is 1.29. The number of aromatic amines is 1. The van der Waals surface area contributed by atoms with Crippen molar-refractivity contribution in [2.24, 2.45) is 0 Å². The summed E-state index contributed by atoms with van der Waals surface area (Å²) < 4.78 is 4.51. The van der Waals surface area contributed by atoms with Gasteiger partial charge >= 0.3 is 5.97 Å². The Morgan fingerprint density at radius 1 is 1.50 bits per heavy atom. The molecule has 0 atom stereocenters. The van der Waals surface area contributed by atoms with Crippen LogP contribution in [0.3, 0.4) is 0 Å². The van der Waals surface area contributed by atoms with E-state index in [0.29, 0.717) is 11.3 Å². The van der Waals surface area contributed by atoms with Crippen molar-refractivity contribution in [3.05, 3.63) is 17.8 Å². The van der Waals surface area contributed by atoms with Gasteiger partial charge in [0.2, 0.25) is 5.82 Å². The summed E-state index contributed by atoms with van der Waals surface area (Å²) >= 11 is 0. The molecule has 14 heavy (non-hydrogen) atoms. The number of hydrogen-bond donors (Lipinski definition) is 1. The average Bonchev–Trinajstić information content (AvgIpc) is 2.64. The molecule has 0 aromatic carbocycles. The summed E-state index contributed by atoms with van der Waals surface area (Å²) in [6.45, 7) is 1.77. The van der Waals surface area contributed by atoms with Gasteiger partial charge in [0.1, 0.15) is 5.52 Å². The summed E-state index contributed by atoms with van der Waals surface area (Å²) in [6.07, 6.45) is 1.51. The van der Waals surface area contributed by atoms with E-state index in [-0.39, 0.29) is 5.82 Å². The molecule has 0 saturated heterocycles. The van der Waals surface area contributed by atoms with Crippen LogP contribution < -0.4 is 0 Å². The maximum atomic E-state index is 11.1. The van der Waals surface area contributed by atoms with Crippen LogP contribution in [0.15, 0.2) is 6.33 Å². The molecule has 1 N–H and O–H groups in total.